The second-order valence-electron chi connectivity index (χ2n) is 4.78. The second kappa shape index (κ2) is 3.90. The molecule has 0 aliphatic carbocycles. The highest BCUT2D eigenvalue weighted by Gasteiger charge is 2.39. The molecular formula is C12H15ClFN2+. The third-order valence-electron chi connectivity index (χ3n) is 3.76. The molecule has 2 saturated heterocycles. The Balaban J connectivity index is 1.85. The lowest BCUT2D eigenvalue weighted by Crippen LogP contribution is -2.82. The molecule has 3 rings (SSSR count). The largest absolute Gasteiger partial charge is 0.369 e. The van der Waals surface area contributed by atoms with Crippen molar-refractivity contribution in [3.8, 4) is 0 Å². The van der Waals surface area contributed by atoms with E-state index in [0.717, 1.165) is 30.6 Å². The van der Waals surface area contributed by atoms with Gasteiger partial charge >= 0.3 is 0 Å². The Morgan fingerprint density at radius 3 is 2.62 bits per heavy atom. The maximum absolute atomic E-state index is 13.2. The summed E-state index contributed by atoms with van der Waals surface area (Å²) in [5.41, 5.74) is 0.857. The molecule has 0 spiro atoms. The van der Waals surface area contributed by atoms with Crippen LogP contribution in [0.2, 0.25) is 5.02 Å². The fourth-order valence-corrected chi connectivity index (χ4v) is 3.16. The zero-order valence-electron chi connectivity index (χ0n) is 9.00. The monoisotopic (exact) mass is 241 g/mol. The van der Waals surface area contributed by atoms with E-state index in [4.69, 9.17) is 11.6 Å². The average molecular weight is 242 g/mol. The number of anilines is 1. The van der Waals surface area contributed by atoms with Crippen molar-refractivity contribution in [2.24, 2.45) is 11.8 Å². The van der Waals surface area contributed by atoms with Gasteiger partial charge in [0.25, 0.3) is 0 Å². The summed E-state index contributed by atoms with van der Waals surface area (Å²) in [5, 5.41) is 3.03. The summed E-state index contributed by atoms with van der Waals surface area (Å²) >= 11 is 6.12. The van der Waals surface area contributed by atoms with Gasteiger partial charge in [-0.15, -0.1) is 0 Å². The number of hydrogen-bond acceptors (Lipinski definition) is 1. The molecule has 4 heteroatoms. The lowest BCUT2D eigenvalue weighted by Gasteiger charge is -2.20. The number of halogens is 2. The third kappa shape index (κ3) is 1.68. The molecule has 86 valence electrons. The van der Waals surface area contributed by atoms with Crippen molar-refractivity contribution in [2.75, 3.05) is 31.1 Å². The maximum Gasteiger partial charge on any atom is 0.125 e. The van der Waals surface area contributed by atoms with Crippen molar-refractivity contribution >= 4 is 17.3 Å². The Morgan fingerprint density at radius 1 is 1.25 bits per heavy atom. The molecule has 2 aliphatic heterocycles. The van der Waals surface area contributed by atoms with Crippen LogP contribution < -0.4 is 10.2 Å². The van der Waals surface area contributed by atoms with Crippen LogP contribution in [0.4, 0.5) is 10.1 Å². The van der Waals surface area contributed by atoms with Crippen molar-refractivity contribution in [2.45, 2.75) is 0 Å². The number of quaternary nitrogens is 1. The van der Waals surface area contributed by atoms with Crippen molar-refractivity contribution in [3.63, 3.8) is 0 Å². The Labute approximate surface area is 99.4 Å². The van der Waals surface area contributed by atoms with Gasteiger partial charge in [0.05, 0.1) is 23.8 Å². The minimum atomic E-state index is -0.206. The molecule has 0 aromatic heterocycles. The molecular weight excluding hydrogens is 227 g/mol. The Morgan fingerprint density at radius 2 is 1.94 bits per heavy atom. The number of rotatable bonds is 1. The van der Waals surface area contributed by atoms with Crippen LogP contribution in [-0.2, 0) is 0 Å². The first-order valence-electron chi connectivity index (χ1n) is 5.75. The molecule has 0 saturated carbocycles. The van der Waals surface area contributed by atoms with Gasteiger partial charge in [-0.1, -0.05) is 11.6 Å². The van der Waals surface area contributed by atoms with Gasteiger partial charge in [0, 0.05) is 24.9 Å². The van der Waals surface area contributed by atoms with Crippen LogP contribution in [0.15, 0.2) is 18.2 Å². The zero-order chi connectivity index (χ0) is 11.1. The van der Waals surface area contributed by atoms with E-state index in [9.17, 15) is 4.39 Å². The van der Waals surface area contributed by atoms with E-state index in [2.05, 4.69) is 10.2 Å². The molecule has 16 heavy (non-hydrogen) atoms. The van der Waals surface area contributed by atoms with E-state index >= 15 is 0 Å². The molecule has 2 fully saturated rings. The van der Waals surface area contributed by atoms with Crippen LogP contribution in [0.3, 0.4) is 0 Å². The number of hydrogen-bond donors (Lipinski definition) is 1. The fraction of sp³-hybridized carbons (Fsp3) is 0.500. The smallest absolute Gasteiger partial charge is 0.125 e. The number of nitrogens with two attached hydrogens (primary N) is 1. The molecule has 0 amide bonds. The van der Waals surface area contributed by atoms with Crippen LogP contribution in [-0.4, -0.2) is 26.2 Å². The number of fused-ring (bicyclic) bond motifs is 1. The number of nitrogens with zero attached hydrogens (tertiary/aromatic N) is 1. The predicted molar refractivity (Wildman–Crippen MR) is 62.3 cm³/mol. The van der Waals surface area contributed by atoms with Crippen LogP contribution >= 0.6 is 11.6 Å². The molecule has 2 atom stereocenters. The first-order valence-corrected chi connectivity index (χ1v) is 6.13. The Hall–Kier alpha value is -0.800. The molecule has 2 unspecified atom stereocenters. The number of benzene rings is 1. The summed E-state index contributed by atoms with van der Waals surface area (Å²) in [7, 11) is 0. The molecule has 0 bridgehead atoms. The second-order valence-corrected chi connectivity index (χ2v) is 5.19. The summed E-state index contributed by atoms with van der Waals surface area (Å²) in [4.78, 5) is 2.23. The summed E-state index contributed by atoms with van der Waals surface area (Å²) in [6.45, 7) is 4.44. The summed E-state index contributed by atoms with van der Waals surface area (Å²) in [5.74, 6) is 1.29. The van der Waals surface area contributed by atoms with Crippen molar-refractivity contribution in [3.05, 3.63) is 29.0 Å². The Bertz CT molecular complexity index is 398. The molecule has 1 aromatic carbocycles. The quantitative estimate of drug-likeness (QED) is 0.781. The highest BCUT2D eigenvalue weighted by atomic mass is 35.5. The van der Waals surface area contributed by atoms with Crippen molar-refractivity contribution in [1.29, 1.82) is 0 Å². The van der Waals surface area contributed by atoms with E-state index in [1.54, 1.807) is 12.1 Å². The van der Waals surface area contributed by atoms with E-state index in [0.29, 0.717) is 5.02 Å². The van der Waals surface area contributed by atoms with Gasteiger partial charge in [0.2, 0.25) is 0 Å². The van der Waals surface area contributed by atoms with Gasteiger partial charge in [0.15, 0.2) is 0 Å². The molecule has 0 radical (unpaired) electrons. The lowest BCUT2D eigenvalue weighted by molar-refractivity contribution is -0.640. The van der Waals surface area contributed by atoms with Crippen molar-refractivity contribution in [1.82, 2.24) is 0 Å². The average Bonchev–Trinajstić information content (AvgIpc) is 2.81. The molecule has 2 aliphatic rings. The van der Waals surface area contributed by atoms with Gasteiger partial charge in [-0.2, -0.15) is 0 Å². The maximum atomic E-state index is 13.2. The summed E-state index contributed by atoms with van der Waals surface area (Å²) in [6, 6.07) is 4.61. The van der Waals surface area contributed by atoms with Crippen molar-refractivity contribution < 1.29 is 9.71 Å². The normalized spacial score (nSPS) is 28.5. The van der Waals surface area contributed by atoms with Crippen LogP contribution in [0.25, 0.3) is 0 Å². The summed E-state index contributed by atoms with van der Waals surface area (Å²) in [6.07, 6.45) is 0. The summed E-state index contributed by atoms with van der Waals surface area (Å²) < 4.78 is 13.2. The van der Waals surface area contributed by atoms with E-state index < -0.39 is 0 Å². The van der Waals surface area contributed by atoms with Gasteiger partial charge in [-0.3, -0.25) is 0 Å². The van der Waals surface area contributed by atoms with Crippen LogP contribution in [0.1, 0.15) is 0 Å². The first kappa shape index (κ1) is 10.4. The first-order chi connectivity index (χ1) is 7.74. The van der Waals surface area contributed by atoms with Gasteiger partial charge in [-0.25, -0.2) is 4.39 Å². The van der Waals surface area contributed by atoms with E-state index in [1.165, 1.54) is 19.2 Å². The van der Waals surface area contributed by atoms with Gasteiger partial charge in [-0.05, 0) is 18.2 Å². The highest BCUT2D eigenvalue weighted by molar-refractivity contribution is 6.33. The van der Waals surface area contributed by atoms with Crippen LogP contribution in [0.5, 0.6) is 0 Å². The molecule has 2 heterocycles. The van der Waals surface area contributed by atoms with E-state index in [-0.39, 0.29) is 5.82 Å². The third-order valence-corrected chi connectivity index (χ3v) is 4.08. The topological polar surface area (TPSA) is 19.9 Å². The zero-order valence-corrected chi connectivity index (χ0v) is 9.75. The Kier molecular flexibility index (Phi) is 2.52. The standard InChI is InChI=1S/C12H14ClFN2/c13-11-2-1-10(14)3-12(11)16-6-8-4-15-5-9(8)7-16/h1-3,8-9,15H,4-7H2/p+1. The highest BCUT2D eigenvalue weighted by Crippen LogP contribution is 2.33. The van der Waals surface area contributed by atoms with Gasteiger partial charge < -0.3 is 10.2 Å². The minimum absolute atomic E-state index is 0.206. The predicted octanol–water partition coefficient (Wildman–Crippen LogP) is 1.11. The minimum Gasteiger partial charge on any atom is -0.369 e. The fourth-order valence-electron chi connectivity index (χ4n) is 2.92. The van der Waals surface area contributed by atoms with E-state index in [1.807, 2.05) is 0 Å². The van der Waals surface area contributed by atoms with Gasteiger partial charge in [0.1, 0.15) is 5.82 Å². The molecule has 2 N–H and O–H groups in total. The molecule has 1 aromatic rings. The lowest BCUT2D eigenvalue weighted by atomic mass is 10.0. The van der Waals surface area contributed by atoms with Crippen LogP contribution in [0, 0.1) is 17.7 Å². The SMILES string of the molecule is Fc1ccc(Cl)c(N2CC3C[NH2+]CC3C2)c1. The molecule has 2 nitrogen and oxygen atoms in total.